The molecule has 2 aromatic rings. The second kappa shape index (κ2) is 9.01. The smallest absolute Gasteiger partial charge is 0.312 e. The summed E-state index contributed by atoms with van der Waals surface area (Å²) in [6, 6.07) is 10.6. The number of nitrogens with one attached hydrogen (secondary N) is 1. The zero-order valence-electron chi connectivity index (χ0n) is 14.3. The van der Waals surface area contributed by atoms with E-state index in [4.69, 9.17) is 5.73 Å². The van der Waals surface area contributed by atoms with Gasteiger partial charge >= 0.3 is 6.03 Å². The molecule has 1 heterocycles. The van der Waals surface area contributed by atoms with E-state index in [9.17, 15) is 9.59 Å². The lowest BCUT2D eigenvalue weighted by Gasteiger charge is -2.25. The predicted molar refractivity (Wildman–Crippen MR) is 104 cm³/mol. The number of amides is 3. The Morgan fingerprint density at radius 1 is 1.28 bits per heavy atom. The van der Waals surface area contributed by atoms with Crippen LogP contribution in [-0.4, -0.2) is 23.4 Å². The minimum atomic E-state index is -0.633. The molecule has 0 bridgehead atoms. The van der Waals surface area contributed by atoms with Gasteiger partial charge < -0.3 is 16.0 Å². The molecule has 1 unspecified atom stereocenters. The van der Waals surface area contributed by atoms with Crippen molar-refractivity contribution in [2.24, 2.45) is 5.73 Å². The Labute approximate surface area is 160 Å². The number of benzene rings is 1. The first-order valence-electron chi connectivity index (χ1n) is 8.04. The van der Waals surface area contributed by atoms with Crippen molar-refractivity contribution in [2.45, 2.75) is 32.9 Å². The van der Waals surface area contributed by atoms with E-state index in [1.54, 1.807) is 16.2 Å². The molecular formula is C18H22BrN3O2S. The number of aryl methyl sites for hydroxylation is 1. The summed E-state index contributed by atoms with van der Waals surface area (Å²) in [6.45, 7) is 5.06. The number of carbonyl (C=O) groups excluding carboxylic acids is 2. The van der Waals surface area contributed by atoms with Crippen LogP contribution in [0.15, 0.2) is 40.2 Å². The Kier molecular flexibility index (Phi) is 7.01. The summed E-state index contributed by atoms with van der Waals surface area (Å²) in [5, 5.41) is 2.70. The summed E-state index contributed by atoms with van der Waals surface area (Å²) in [6.07, 6.45) is 0.175. The first-order valence-corrected chi connectivity index (χ1v) is 9.65. The van der Waals surface area contributed by atoms with Gasteiger partial charge in [0.25, 0.3) is 0 Å². The van der Waals surface area contributed by atoms with Gasteiger partial charge in [0.2, 0.25) is 5.91 Å². The predicted octanol–water partition coefficient (Wildman–Crippen LogP) is 3.97. The fourth-order valence-corrected chi connectivity index (χ4v) is 4.19. The molecule has 0 spiro atoms. The van der Waals surface area contributed by atoms with Gasteiger partial charge in [-0.05, 0) is 53.0 Å². The first kappa shape index (κ1) is 19.5. The maximum atomic E-state index is 12.8. The van der Waals surface area contributed by atoms with Crippen LogP contribution in [0.3, 0.4) is 0 Å². The summed E-state index contributed by atoms with van der Waals surface area (Å²) in [7, 11) is 0. The number of carbonyl (C=O) groups is 2. The van der Waals surface area contributed by atoms with E-state index in [-0.39, 0.29) is 12.3 Å². The summed E-state index contributed by atoms with van der Waals surface area (Å²) in [5.41, 5.74) is 7.23. The number of primary amides is 1. The molecule has 25 heavy (non-hydrogen) atoms. The molecule has 7 heteroatoms. The number of nitrogens with two attached hydrogens (primary N) is 1. The Morgan fingerprint density at radius 3 is 2.56 bits per heavy atom. The second-order valence-corrected chi connectivity index (χ2v) is 8.28. The molecule has 0 saturated carbocycles. The van der Waals surface area contributed by atoms with Gasteiger partial charge in [-0.2, -0.15) is 0 Å². The van der Waals surface area contributed by atoms with Crippen LogP contribution in [-0.2, 0) is 11.3 Å². The molecule has 0 radical (unpaired) electrons. The number of hydrogen-bond acceptors (Lipinski definition) is 3. The zero-order valence-corrected chi connectivity index (χ0v) is 16.7. The highest BCUT2D eigenvalue weighted by molar-refractivity contribution is 9.11. The minimum Gasteiger partial charge on any atom is -0.352 e. The lowest BCUT2D eigenvalue weighted by Crippen LogP contribution is -2.38. The van der Waals surface area contributed by atoms with E-state index in [1.807, 2.05) is 50.2 Å². The summed E-state index contributed by atoms with van der Waals surface area (Å²) in [4.78, 5) is 27.1. The third kappa shape index (κ3) is 5.57. The monoisotopic (exact) mass is 423 g/mol. The number of thiophene rings is 1. The molecule has 0 aliphatic carbocycles. The first-order chi connectivity index (χ1) is 11.9. The number of halogens is 1. The Morgan fingerprint density at radius 2 is 2.00 bits per heavy atom. The van der Waals surface area contributed by atoms with Gasteiger partial charge in [-0.25, -0.2) is 4.79 Å². The van der Waals surface area contributed by atoms with Crippen LogP contribution in [0.1, 0.15) is 35.4 Å². The van der Waals surface area contributed by atoms with Gasteiger partial charge in [0.1, 0.15) is 0 Å². The number of rotatable bonds is 7. The van der Waals surface area contributed by atoms with Crippen molar-refractivity contribution >= 4 is 39.2 Å². The molecule has 5 nitrogen and oxygen atoms in total. The Balaban J connectivity index is 2.14. The van der Waals surface area contributed by atoms with Crippen LogP contribution in [0.25, 0.3) is 0 Å². The second-order valence-electron chi connectivity index (χ2n) is 5.74. The average molecular weight is 424 g/mol. The fraction of sp³-hybridized carbons (Fsp3) is 0.333. The van der Waals surface area contributed by atoms with Crippen LogP contribution in [0.2, 0.25) is 0 Å². The minimum absolute atomic E-state index is 0.0194. The molecular weight excluding hydrogens is 402 g/mol. The van der Waals surface area contributed by atoms with Gasteiger partial charge in [-0.15, -0.1) is 11.3 Å². The molecule has 2 rings (SSSR count). The lowest BCUT2D eigenvalue weighted by molar-refractivity contribution is -0.132. The zero-order chi connectivity index (χ0) is 18.4. The maximum Gasteiger partial charge on any atom is 0.312 e. The van der Waals surface area contributed by atoms with Crippen LogP contribution in [0.5, 0.6) is 0 Å². The molecule has 0 fully saturated rings. The molecule has 0 aliphatic rings. The van der Waals surface area contributed by atoms with E-state index in [2.05, 4.69) is 21.2 Å². The molecule has 0 aliphatic heterocycles. The van der Waals surface area contributed by atoms with Gasteiger partial charge in [0, 0.05) is 11.4 Å². The van der Waals surface area contributed by atoms with E-state index >= 15 is 0 Å². The standard InChI is InChI=1S/C18H22BrN3O2S/c1-3-22(11-13-8-9-16(19)25-13)17(23)10-15(21-18(20)24)14-7-5-4-6-12(14)2/h4-9,15H,3,10-11H2,1-2H3,(H3,20,21,24). The lowest BCUT2D eigenvalue weighted by atomic mass is 9.98. The quantitative estimate of drug-likeness (QED) is 0.706. The highest BCUT2D eigenvalue weighted by Gasteiger charge is 2.22. The molecule has 134 valence electrons. The van der Waals surface area contributed by atoms with Crippen molar-refractivity contribution in [1.29, 1.82) is 0 Å². The molecule has 0 saturated heterocycles. The summed E-state index contributed by atoms with van der Waals surface area (Å²) in [5.74, 6) is -0.0194. The Hall–Kier alpha value is -1.86. The topological polar surface area (TPSA) is 75.4 Å². The van der Waals surface area contributed by atoms with Crippen molar-refractivity contribution in [2.75, 3.05) is 6.54 Å². The molecule has 3 N–H and O–H groups in total. The fourth-order valence-electron chi connectivity index (χ4n) is 2.69. The largest absolute Gasteiger partial charge is 0.352 e. The van der Waals surface area contributed by atoms with Crippen molar-refractivity contribution < 1.29 is 9.59 Å². The van der Waals surface area contributed by atoms with Crippen LogP contribution in [0, 0.1) is 6.92 Å². The number of nitrogens with zero attached hydrogens (tertiary/aromatic N) is 1. The number of hydrogen-bond donors (Lipinski definition) is 2. The average Bonchev–Trinajstić information content (AvgIpc) is 2.97. The van der Waals surface area contributed by atoms with Crippen molar-refractivity contribution in [1.82, 2.24) is 10.2 Å². The third-order valence-corrected chi connectivity index (χ3v) is 5.58. The SMILES string of the molecule is CCN(Cc1ccc(Br)s1)C(=O)CC(NC(N)=O)c1ccccc1C. The Bertz CT molecular complexity index is 747. The van der Waals surface area contributed by atoms with Crippen molar-refractivity contribution in [3.63, 3.8) is 0 Å². The van der Waals surface area contributed by atoms with Crippen LogP contribution < -0.4 is 11.1 Å². The van der Waals surface area contributed by atoms with Crippen LogP contribution >= 0.6 is 27.3 Å². The third-order valence-electron chi connectivity index (χ3n) is 3.97. The summed E-state index contributed by atoms with van der Waals surface area (Å²) < 4.78 is 1.04. The van der Waals surface area contributed by atoms with Gasteiger partial charge in [-0.1, -0.05) is 24.3 Å². The molecule has 1 aromatic heterocycles. The van der Waals surface area contributed by atoms with E-state index in [1.165, 1.54) is 0 Å². The van der Waals surface area contributed by atoms with Crippen molar-refractivity contribution in [3.8, 4) is 0 Å². The van der Waals surface area contributed by atoms with Crippen molar-refractivity contribution in [3.05, 3.63) is 56.2 Å². The van der Waals surface area contributed by atoms with E-state index < -0.39 is 12.1 Å². The highest BCUT2D eigenvalue weighted by atomic mass is 79.9. The molecule has 1 aromatic carbocycles. The van der Waals surface area contributed by atoms with Gasteiger partial charge in [0.05, 0.1) is 22.8 Å². The van der Waals surface area contributed by atoms with E-state index in [0.717, 1.165) is 19.8 Å². The van der Waals surface area contributed by atoms with E-state index in [0.29, 0.717) is 13.1 Å². The summed E-state index contributed by atoms with van der Waals surface area (Å²) >= 11 is 5.05. The number of urea groups is 1. The van der Waals surface area contributed by atoms with Crippen LogP contribution in [0.4, 0.5) is 4.79 Å². The molecule has 1 atom stereocenters. The normalized spacial score (nSPS) is 11.8. The van der Waals surface area contributed by atoms with Gasteiger partial charge in [0.15, 0.2) is 0 Å². The maximum absolute atomic E-state index is 12.8. The molecule has 3 amide bonds. The highest BCUT2D eigenvalue weighted by Crippen LogP contribution is 2.25. The van der Waals surface area contributed by atoms with Gasteiger partial charge in [-0.3, -0.25) is 4.79 Å².